The van der Waals surface area contributed by atoms with E-state index in [2.05, 4.69) is 10.7 Å². The molecule has 0 aliphatic heterocycles. The summed E-state index contributed by atoms with van der Waals surface area (Å²) in [5.74, 6) is -1.05. The molecule has 2 N–H and O–H groups in total. The Labute approximate surface area is 51.3 Å². The summed E-state index contributed by atoms with van der Waals surface area (Å²) in [4.78, 5) is 0. The van der Waals surface area contributed by atoms with Crippen molar-refractivity contribution in [3.05, 3.63) is 0 Å². The zero-order chi connectivity index (χ0) is 6.78. The SMILES string of the molecule is OS(O)(Cl)CC(F)F. The van der Waals surface area contributed by atoms with Crippen molar-refractivity contribution in [2.45, 2.75) is 6.43 Å². The minimum atomic E-state index is -3.50. The molecule has 0 fully saturated rings. The van der Waals surface area contributed by atoms with Crippen molar-refractivity contribution in [3.63, 3.8) is 0 Å². The monoisotopic (exact) mass is 166 g/mol. The van der Waals surface area contributed by atoms with Crippen LogP contribution in [0.3, 0.4) is 0 Å². The van der Waals surface area contributed by atoms with Gasteiger partial charge in [-0.2, -0.15) is 0 Å². The molecule has 52 valence electrons. The number of hydrogen-bond donors (Lipinski definition) is 2. The van der Waals surface area contributed by atoms with Crippen LogP contribution in [-0.4, -0.2) is 21.3 Å². The summed E-state index contributed by atoms with van der Waals surface area (Å²) in [6, 6.07) is 0. The van der Waals surface area contributed by atoms with Gasteiger partial charge in [0.1, 0.15) is 5.75 Å². The number of rotatable bonds is 2. The van der Waals surface area contributed by atoms with E-state index in [-0.39, 0.29) is 0 Å². The van der Waals surface area contributed by atoms with Gasteiger partial charge in [0.05, 0.1) is 0 Å². The van der Waals surface area contributed by atoms with E-state index in [0.717, 1.165) is 0 Å². The van der Waals surface area contributed by atoms with Gasteiger partial charge in [-0.3, -0.25) is 9.11 Å². The zero-order valence-electron chi connectivity index (χ0n) is 3.72. The van der Waals surface area contributed by atoms with Crippen LogP contribution in [0.25, 0.3) is 0 Å². The summed E-state index contributed by atoms with van der Waals surface area (Å²) in [7, 11) is 1.14. The van der Waals surface area contributed by atoms with Crippen LogP contribution in [-0.2, 0) is 0 Å². The van der Waals surface area contributed by atoms with Crippen molar-refractivity contribution >= 4 is 20.5 Å². The summed E-state index contributed by atoms with van der Waals surface area (Å²) >= 11 is 0. The highest BCUT2D eigenvalue weighted by atomic mass is 35.7. The molecule has 0 rings (SSSR count). The number of alkyl halides is 2. The first kappa shape index (κ1) is 8.42. The van der Waals surface area contributed by atoms with Gasteiger partial charge in [0.15, 0.2) is 0 Å². The summed E-state index contributed by atoms with van der Waals surface area (Å²) in [6.45, 7) is 0. The van der Waals surface area contributed by atoms with Gasteiger partial charge >= 0.3 is 0 Å². The molecule has 2 nitrogen and oxygen atoms in total. The number of halogens is 3. The van der Waals surface area contributed by atoms with Crippen molar-refractivity contribution in [2.24, 2.45) is 0 Å². The van der Waals surface area contributed by atoms with Crippen molar-refractivity contribution < 1.29 is 17.9 Å². The molecular weight excluding hydrogens is 162 g/mol. The Bertz CT molecular complexity index is 72.9. The Kier molecular flexibility index (Phi) is 2.96. The van der Waals surface area contributed by atoms with Crippen LogP contribution >= 0.6 is 20.5 Å². The van der Waals surface area contributed by atoms with Crippen molar-refractivity contribution in [3.8, 4) is 0 Å². The molecule has 0 saturated carbocycles. The molecular formula is C2H5ClF2O2S. The summed E-state index contributed by atoms with van der Waals surface area (Å²) in [5, 5.41) is 0. The third kappa shape index (κ3) is 6.42. The third-order valence-corrected chi connectivity index (χ3v) is 1.39. The summed E-state index contributed by atoms with van der Waals surface area (Å²) < 4.78 is 38.5. The van der Waals surface area contributed by atoms with Gasteiger partial charge < -0.3 is 0 Å². The van der Waals surface area contributed by atoms with Gasteiger partial charge in [-0.05, 0) is 0 Å². The molecule has 0 unspecified atom stereocenters. The van der Waals surface area contributed by atoms with Crippen molar-refractivity contribution in [1.29, 1.82) is 0 Å². The average Bonchev–Trinajstić information content (AvgIpc) is 1.21. The Morgan fingerprint density at radius 1 is 1.50 bits per heavy atom. The molecule has 0 atom stereocenters. The van der Waals surface area contributed by atoms with E-state index in [0.29, 0.717) is 0 Å². The van der Waals surface area contributed by atoms with Crippen LogP contribution in [0.5, 0.6) is 0 Å². The normalized spacial score (nSPS) is 14.8. The second kappa shape index (κ2) is 2.82. The summed E-state index contributed by atoms with van der Waals surface area (Å²) in [5.41, 5.74) is 0. The Morgan fingerprint density at radius 3 is 1.88 bits per heavy atom. The highest BCUT2D eigenvalue weighted by molar-refractivity contribution is 8.43. The predicted molar refractivity (Wildman–Crippen MR) is 29.6 cm³/mol. The van der Waals surface area contributed by atoms with Crippen LogP contribution in [0.2, 0.25) is 0 Å². The second-order valence-corrected chi connectivity index (χ2v) is 4.13. The Morgan fingerprint density at radius 2 is 1.88 bits per heavy atom. The van der Waals surface area contributed by atoms with E-state index in [1.807, 2.05) is 0 Å². The maximum atomic E-state index is 11.1. The minimum absolute atomic E-state index is 1.05. The fraction of sp³-hybridized carbons (Fsp3) is 1.00. The van der Waals surface area contributed by atoms with Crippen LogP contribution < -0.4 is 0 Å². The maximum Gasteiger partial charge on any atom is 0.257 e. The lowest BCUT2D eigenvalue weighted by Crippen LogP contribution is -2.04. The van der Waals surface area contributed by atoms with Gasteiger partial charge in [0.25, 0.3) is 6.43 Å². The zero-order valence-corrected chi connectivity index (χ0v) is 5.29. The molecule has 0 bridgehead atoms. The van der Waals surface area contributed by atoms with Crippen LogP contribution in [0.15, 0.2) is 0 Å². The van der Waals surface area contributed by atoms with E-state index >= 15 is 0 Å². The lowest BCUT2D eigenvalue weighted by Gasteiger charge is -2.21. The van der Waals surface area contributed by atoms with Gasteiger partial charge in [-0.1, -0.05) is 0 Å². The highest BCUT2D eigenvalue weighted by Gasteiger charge is 2.14. The second-order valence-electron chi connectivity index (χ2n) is 1.14. The molecule has 0 spiro atoms. The fourth-order valence-corrected chi connectivity index (χ4v) is 0.767. The topological polar surface area (TPSA) is 40.5 Å². The van der Waals surface area contributed by atoms with Crippen molar-refractivity contribution in [2.75, 3.05) is 5.75 Å². The summed E-state index contributed by atoms with van der Waals surface area (Å²) in [6.07, 6.45) is -2.75. The molecule has 0 radical (unpaired) electrons. The molecule has 0 aromatic carbocycles. The number of hydrogen-bond acceptors (Lipinski definition) is 2. The minimum Gasteiger partial charge on any atom is -0.285 e. The van der Waals surface area contributed by atoms with Gasteiger partial charge in [-0.25, -0.2) is 8.78 Å². The molecule has 0 amide bonds. The fourth-order valence-electron chi connectivity index (χ4n) is 0.160. The Balaban J connectivity index is 3.39. The van der Waals surface area contributed by atoms with E-state index in [1.54, 1.807) is 0 Å². The maximum absolute atomic E-state index is 11.1. The predicted octanol–water partition coefficient (Wildman–Crippen LogP) is 2.16. The lowest BCUT2D eigenvalue weighted by atomic mass is 10.9. The van der Waals surface area contributed by atoms with Gasteiger partial charge in [0.2, 0.25) is 0 Å². The van der Waals surface area contributed by atoms with E-state index in [9.17, 15) is 8.78 Å². The van der Waals surface area contributed by atoms with Crippen LogP contribution in [0.1, 0.15) is 0 Å². The molecule has 8 heavy (non-hydrogen) atoms. The highest BCUT2D eigenvalue weighted by Crippen LogP contribution is 2.44. The van der Waals surface area contributed by atoms with Gasteiger partial charge in [0, 0.05) is 10.7 Å². The smallest absolute Gasteiger partial charge is 0.257 e. The molecule has 0 aliphatic rings. The van der Waals surface area contributed by atoms with Crippen LogP contribution in [0, 0.1) is 0 Å². The quantitative estimate of drug-likeness (QED) is 0.660. The van der Waals surface area contributed by atoms with E-state index in [1.165, 1.54) is 0 Å². The van der Waals surface area contributed by atoms with Gasteiger partial charge in [-0.15, -0.1) is 9.80 Å². The Hall–Kier alpha value is 0.420. The lowest BCUT2D eigenvalue weighted by molar-refractivity contribution is 0.172. The van der Waals surface area contributed by atoms with Crippen LogP contribution in [0.4, 0.5) is 8.78 Å². The van der Waals surface area contributed by atoms with Crippen molar-refractivity contribution in [1.82, 2.24) is 0 Å². The third-order valence-electron chi connectivity index (χ3n) is 0.338. The molecule has 0 aliphatic carbocycles. The molecule has 6 heteroatoms. The van der Waals surface area contributed by atoms with E-state index < -0.39 is 22.0 Å². The standard InChI is InChI=1S/C2H5ClF2O2S/c3-8(6,7)1-2(4)5/h2,6-7H,1H2. The molecule has 0 aromatic rings. The first-order valence-electron chi connectivity index (χ1n) is 1.65. The first-order chi connectivity index (χ1) is 3.42. The molecule has 0 saturated heterocycles. The molecule has 0 heterocycles. The largest absolute Gasteiger partial charge is 0.285 e. The van der Waals surface area contributed by atoms with E-state index in [4.69, 9.17) is 9.11 Å². The molecule has 0 aromatic heterocycles. The average molecular weight is 167 g/mol. The first-order valence-corrected chi connectivity index (χ1v) is 4.19.